The summed E-state index contributed by atoms with van der Waals surface area (Å²) in [6, 6.07) is 5.36. The first-order valence-corrected chi connectivity index (χ1v) is 8.68. The van der Waals surface area contributed by atoms with E-state index in [9.17, 15) is 13.2 Å². The van der Waals surface area contributed by atoms with Crippen LogP contribution >= 0.6 is 0 Å². The van der Waals surface area contributed by atoms with Gasteiger partial charge in [0.25, 0.3) is 10.1 Å². The van der Waals surface area contributed by atoms with Crippen LogP contribution in [0.3, 0.4) is 0 Å². The minimum Gasteiger partial charge on any atom is -0.480 e. The highest BCUT2D eigenvalue weighted by atomic mass is 32.2. The summed E-state index contributed by atoms with van der Waals surface area (Å²) in [5, 5.41) is 8.61. The molecule has 2 rings (SSSR count). The number of hydrogen-bond donors (Lipinski definition) is 3. The highest BCUT2D eigenvalue weighted by Crippen LogP contribution is 2.25. The molecule has 0 bridgehead atoms. The molecule has 124 valence electrons. The quantitative estimate of drug-likeness (QED) is 0.732. The Kier molecular flexibility index (Phi) is 6.99. The van der Waals surface area contributed by atoms with Gasteiger partial charge in [-0.25, -0.2) is 0 Å². The maximum atomic E-state index is 10.5. The van der Waals surface area contributed by atoms with E-state index in [4.69, 9.17) is 15.4 Å². The number of aliphatic carboxylic acids is 1. The molecule has 6 nitrogen and oxygen atoms in total. The highest BCUT2D eigenvalue weighted by Gasteiger charge is 2.25. The van der Waals surface area contributed by atoms with Crippen molar-refractivity contribution in [1.29, 1.82) is 0 Å². The molecule has 22 heavy (non-hydrogen) atoms. The van der Waals surface area contributed by atoms with Crippen molar-refractivity contribution < 1.29 is 22.9 Å². The fourth-order valence-electron chi connectivity index (χ4n) is 2.41. The van der Waals surface area contributed by atoms with E-state index < -0.39 is 22.1 Å². The Morgan fingerprint density at radius 2 is 1.68 bits per heavy atom. The molecule has 1 saturated carbocycles. The molecule has 1 fully saturated rings. The minimum atomic E-state index is -4.02. The number of aryl methyl sites for hydroxylation is 1. The van der Waals surface area contributed by atoms with Crippen LogP contribution in [-0.2, 0) is 14.9 Å². The summed E-state index contributed by atoms with van der Waals surface area (Å²) in [5.41, 5.74) is 6.45. The van der Waals surface area contributed by atoms with E-state index in [0.717, 1.165) is 31.2 Å². The van der Waals surface area contributed by atoms with Crippen LogP contribution in [0.15, 0.2) is 29.2 Å². The molecule has 0 spiro atoms. The monoisotopic (exact) mass is 329 g/mol. The van der Waals surface area contributed by atoms with Crippen LogP contribution in [0.2, 0.25) is 0 Å². The zero-order chi connectivity index (χ0) is 16.8. The van der Waals surface area contributed by atoms with Crippen molar-refractivity contribution in [2.24, 2.45) is 11.7 Å². The number of carbonyl (C=O) groups is 1. The summed E-state index contributed by atoms with van der Waals surface area (Å²) in [7, 11) is -4.02. The third kappa shape index (κ3) is 6.13. The van der Waals surface area contributed by atoms with E-state index in [1.54, 1.807) is 12.1 Å². The van der Waals surface area contributed by atoms with Crippen LogP contribution in [0, 0.1) is 12.8 Å². The zero-order valence-corrected chi connectivity index (χ0v) is 13.4. The molecular weight excluding hydrogens is 306 g/mol. The molecule has 1 atom stereocenters. The number of carboxylic acid groups (broad SMARTS) is 1. The lowest BCUT2D eigenvalue weighted by molar-refractivity contribution is -0.140. The molecule has 0 heterocycles. The zero-order valence-electron chi connectivity index (χ0n) is 12.6. The number of nitrogens with two attached hydrogens (primary N) is 1. The van der Waals surface area contributed by atoms with Gasteiger partial charge >= 0.3 is 5.97 Å². The van der Waals surface area contributed by atoms with Gasteiger partial charge in [0.1, 0.15) is 6.04 Å². The van der Waals surface area contributed by atoms with Crippen molar-refractivity contribution in [1.82, 2.24) is 0 Å². The van der Waals surface area contributed by atoms with Gasteiger partial charge in [-0.2, -0.15) is 8.42 Å². The second-order valence-corrected chi connectivity index (χ2v) is 6.97. The number of hydrogen-bond acceptors (Lipinski definition) is 4. The summed E-state index contributed by atoms with van der Waals surface area (Å²) in [6.45, 7) is 1.84. The predicted molar refractivity (Wildman–Crippen MR) is 83.2 cm³/mol. The second kappa shape index (κ2) is 8.26. The van der Waals surface area contributed by atoms with E-state index in [2.05, 4.69) is 0 Å². The van der Waals surface area contributed by atoms with Gasteiger partial charge in [-0.15, -0.1) is 0 Å². The Morgan fingerprint density at radius 3 is 2.09 bits per heavy atom. The lowest BCUT2D eigenvalue weighted by Crippen LogP contribution is -2.38. The molecule has 0 amide bonds. The molecule has 0 aromatic heterocycles. The van der Waals surface area contributed by atoms with Crippen molar-refractivity contribution in [3.63, 3.8) is 0 Å². The van der Waals surface area contributed by atoms with Crippen LogP contribution in [0.1, 0.15) is 37.7 Å². The van der Waals surface area contributed by atoms with Crippen LogP contribution in [0.25, 0.3) is 0 Å². The first-order chi connectivity index (χ1) is 10.2. The van der Waals surface area contributed by atoms with Crippen molar-refractivity contribution >= 4 is 16.1 Å². The molecule has 0 aliphatic heterocycles. The largest absolute Gasteiger partial charge is 0.480 e. The SMILES string of the molecule is Cc1ccc(S(=O)(=O)O)cc1.N[C@@H](C(=O)O)C1CCCCC1. The molecule has 1 aromatic rings. The molecule has 1 aliphatic rings. The van der Waals surface area contributed by atoms with Crippen molar-refractivity contribution in [2.45, 2.75) is 50.0 Å². The minimum absolute atomic E-state index is 0.0666. The lowest BCUT2D eigenvalue weighted by atomic mass is 9.84. The average molecular weight is 329 g/mol. The van der Waals surface area contributed by atoms with Crippen molar-refractivity contribution in [3.05, 3.63) is 29.8 Å². The van der Waals surface area contributed by atoms with E-state index in [1.165, 1.54) is 18.6 Å². The van der Waals surface area contributed by atoms with Crippen LogP contribution in [0.4, 0.5) is 0 Å². The second-order valence-electron chi connectivity index (χ2n) is 5.55. The molecule has 4 N–H and O–H groups in total. The molecule has 1 aliphatic carbocycles. The van der Waals surface area contributed by atoms with Gasteiger partial charge in [-0.1, -0.05) is 37.0 Å². The smallest absolute Gasteiger partial charge is 0.320 e. The number of benzene rings is 1. The first-order valence-electron chi connectivity index (χ1n) is 7.24. The van der Waals surface area contributed by atoms with E-state index in [1.807, 2.05) is 6.92 Å². The average Bonchev–Trinajstić information content (AvgIpc) is 2.47. The Balaban J connectivity index is 0.000000220. The van der Waals surface area contributed by atoms with Gasteiger partial charge in [0, 0.05) is 0 Å². The van der Waals surface area contributed by atoms with Gasteiger partial charge in [-0.3, -0.25) is 9.35 Å². The Bertz CT molecular complexity index is 576. The first kappa shape index (κ1) is 18.6. The molecule has 7 heteroatoms. The third-order valence-electron chi connectivity index (χ3n) is 3.76. The number of carboxylic acids is 1. The van der Waals surface area contributed by atoms with E-state index >= 15 is 0 Å². The molecule has 0 saturated heterocycles. The summed E-state index contributed by atoms with van der Waals surface area (Å²) >= 11 is 0. The normalized spacial score (nSPS) is 17.2. The molecule has 0 unspecified atom stereocenters. The highest BCUT2D eigenvalue weighted by molar-refractivity contribution is 7.85. The Labute approximate surface area is 131 Å². The standard InChI is InChI=1S/C8H15NO2.C7H8O3S/c9-7(8(10)11)6-4-2-1-3-5-6;1-6-2-4-7(5-3-6)11(8,9)10/h6-7H,1-5,9H2,(H,10,11);2-5H,1H3,(H,8,9,10)/t7-;/m1./s1. The fraction of sp³-hybridized carbons (Fsp3) is 0.533. The molecule has 0 radical (unpaired) electrons. The Hall–Kier alpha value is -1.44. The van der Waals surface area contributed by atoms with Crippen LogP contribution in [-0.4, -0.2) is 30.1 Å². The third-order valence-corrected chi connectivity index (χ3v) is 4.63. The summed E-state index contributed by atoms with van der Waals surface area (Å²) in [5.74, 6) is -0.627. The summed E-state index contributed by atoms with van der Waals surface area (Å²) < 4.78 is 29.6. The van der Waals surface area contributed by atoms with Gasteiger partial charge in [0.05, 0.1) is 4.90 Å². The van der Waals surface area contributed by atoms with Gasteiger partial charge in [0.15, 0.2) is 0 Å². The topological polar surface area (TPSA) is 118 Å². The maximum Gasteiger partial charge on any atom is 0.320 e. The lowest BCUT2D eigenvalue weighted by Gasteiger charge is -2.24. The van der Waals surface area contributed by atoms with Gasteiger partial charge < -0.3 is 10.8 Å². The predicted octanol–water partition coefficient (Wildman–Crippen LogP) is 2.22. The summed E-state index contributed by atoms with van der Waals surface area (Å²) in [4.78, 5) is 10.4. The van der Waals surface area contributed by atoms with E-state index in [0.29, 0.717) is 0 Å². The molecular formula is C15H23NO5S. The van der Waals surface area contributed by atoms with Crippen LogP contribution < -0.4 is 5.73 Å². The molecule has 1 aromatic carbocycles. The fourth-order valence-corrected chi connectivity index (χ4v) is 2.89. The maximum absolute atomic E-state index is 10.5. The van der Waals surface area contributed by atoms with Crippen LogP contribution in [0.5, 0.6) is 0 Å². The van der Waals surface area contributed by atoms with Crippen molar-refractivity contribution in [3.8, 4) is 0 Å². The Morgan fingerprint density at radius 1 is 1.18 bits per heavy atom. The number of rotatable bonds is 3. The van der Waals surface area contributed by atoms with Gasteiger partial charge in [-0.05, 0) is 37.8 Å². The van der Waals surface area contributed by atoms with Gasteiger partial charge in [0.2, 0.25) is 0 Å². The van der Waals surface area contributed by atoms with Crippen molar-refractivity contribution in [2.75, 3.05) is 0 Å². The van der Waals surface area contributed by atoms with E-state index in [-0.39, 0.29) is 10.8 Å². The summed E-state index contributed by atoms with van der Waals surface area (Å²) in [6.07, 6.45) is 5.51.